The van der Waals surface area contributed by atoms with Gasteiger partial charge >= 0.3 is 5.97 Å². The lowest BCUT2D eigenvalue weighted by Crippen LogP contribution is -2.09. The van der Waals surface area contributed by atoms with Gasteiger partial charge in [-0.05, 0) is 24.8 Å². The zero-order chi connectivity index (χ0) is 16.5. The molecule has 0 spiro atoms. The number of hydrogen-bond acceptors (Lipinski definition) is 5. The fourth-order valence-corrected chi connectivity index (χ4v) is 2.44. The molecule has 0 radical (unpaired) electrons. The highest BCUT2D eigenvalue weighted by molar-refractivity contribution is 5.96. The second-order valence-corrected chi connectivity index (χ2v) is 5.32. The molecule has 0 bridgehead atoms. The summed E-state index contributed by atoms with van der Waals surface area (Å²) in [5, 5.41) is 24.5. The molecule has 0 aromatic heterocycles. The molecule has 1 fully saturated rings. The Morgan fingerprint density at radius 1 is 1.41 bits per heavy atom. The van der Waals surface area contributed by atoms with Gasteiger partial charge in [-0.2, -0.15) is 0 Å². The molecule has 5 N–H and O–H groups in total. The van der Waals surface area contributed by atoms with E-state index in [1.54, 1.807) is 0 Å². The normalized spacial score (nSPS) is 14.6. The summed E-state index contributed by atoms with van der Waals surface area (Å²) in [4.78, 5) is 10.8. The van der Waals surface area contributed by atoms with Crippen LogP contribution in [0.5, 0.6) is 5.75 Å². The van der Waals surface area contributed by atoms with Crippen molar-refractivity contribution in [3.05, 3.63) is 23.3 Å². The van der Waals surface area contributed by atoms with Crippen LogP contribution in [0.25, 0.3) is 0 Å². The van der Waals surface area contributed by atoms with Crippen LogP contribution in [0.15, 0.2) is 12.1 Å². The number of rotatable bonds is 4. The Morgan fingerprint density at radius 2 is 2.05 bits per heavy atom. The number of anilines is 1. The fourth-order valence-electron chi connectivity index (χ4n) is 2.44. The number of methoxy groups -OCH3 is 1. The SMILES string of the molecule is COc1cc(N)c(C=N)cc1C(=O)O.OCC1CCCCC1. The van der Waals surface area contributed by atoms with Gasteiger partial charge in [-0.1, -0.05) is 19.3 Å². The summed E-state index contributed by atoms with van der Waals surface area (Å²) in [6.07, 6.45) is 7.58. The van der Waals surface area contributed by atoms with Crippen LogP contribution in [0, 0.1) is 11.3 Å². The van der Waals surface area contributed by atoms with Crippen LogP contribution >= 0.6 is 0 Å². The van der Waals surface area contributed by atoms with E-state index in [0.29, 0.717) is 23.8 Å². The average Bonchev–Trinajstić information content (AvgIpc) is 2.55. The summed E-state index contributed by atoms with van der Waals surface area (Å²) in [7, 11) is 1.37. The van der Waals surface area contributed by atoms with Gasteiger partial charge in [-0.25, -0.2) is 4.79 Å². The molecule has 2 rings (SSSR count). The zero-order valence-corrected chi connectivity index (χ0v) is 12.8. The predicted octanol–water partition coefficient (Wildman–Crippen LogP) is 2.53. The van der Waals surface area contributed by atoms with Crippen molar-refractivity contribution in [2.75, 3.05) is 19.5 Å². The lowest BCUT2D eigenvalue weighted by Gasteiger charge is -2.18. The molecule has 0 aliphatic heterocycles. The van der Waals surface area contributed by atoms with Crippen molar-refractivity contribution in [2.45, 2.75) is 32.1 Å². The quantitative estimate of drug-likeness (QED) is 0.504. The number of nitrogen functional groups attached to an aromatic ring is 1. The summed E-state index contributed by atoms with van der Waals surface area (Å²) in [6.45, 7) is 0.417. The first-order chi connectivity index (χ1) is 10.5. The first-order valence-corrected chi connectivity index (χ1v) is 7.35. The standard InChI is InChI=1S/C9H10N2O3.C7H14O/c1-14-8-3-7(11)5(4-10)2-6(8)9(12)13;8-6-7-4-2-1-3-5-7/h2-4,10H,11H2,1H3,(H,12,13);7-8H,1-6H2. The van der Waals surface area contributed by atoms with Crippen LogP contribution in [0.2, 0.25) is 0 Å². The number of aliphatic hydroxyl groups is 1. The van der Waals surface area contributed by atoms with Gasteiger partial charge in [0.15, 0.2) is 0 Å². The topological polar surface area (TPSA) is 117 Å². The first-order valence-electron chi connectivity index (χ1n) is 7.35. The van der Waals surface area contributed by atoms with Gasteiger partial charge in [0, 0.05) is 30.1 Å². The van der Waals surface area contributed by atoms with Gasteiger partial charge in [0.05, 0.1) is 7.11 Å². The number of aliphatic hydroxyl groups excluding tert-OH is 1. The molecule has 1 aromatic rings. The second-order valence-electron chi connectivity index (χ2n) is 5.32. The highest BCUT2D eigenvalue weighted by Gasteiger charge is 2.13. The number of carboxylic acids is 1. The zero-order valence-electron chi connectivity index (χ0n) is 12.8. The van der Waals surface area contributed by atoms with Gasteiger partial charge in [0.1, 0.15) is 11.3 Å². The number of hydrogen-bond donors (Lipinski definition) is 4. The molecule has 6 nitrogen and oxygen atoms in total. The Labute approximate surface area is 130 Å². The highest BCUT2D eigenvalue weighted by atomic mass is 16.5. The molecular weight excluding hydrogens is 284 g/mol. The van der Waals surface area contributed by atoms with E-state index >= 15 is 0 Å². The maximum atomic E-state index is 10.8. The lowest BCUT2D eigenvalue weighted by atomic mass is 9.90. The first kappa shape index (κ1) is 18.0. The van der Waals surface area contributed by atoms with E-state index < -0.39 is 5.97 Å². The van der Waals surface area contributed by atoms with Crippen LogP contribution in [-0.4, -0.2) is 36.1 Å². The molecule has 0 amide bonds. The van der Waals surface area contributed by atoms with Gasteiger partial charge in [-0.15, -0.1) is 0 Å². The van der Waals surface area contributed by atoms with Crippen LogP contribution in [-0.2, 0) is 0 Å². The Balaban J connectivity index is 0.000000255. The molecule has 1 aromatic carbocycles. The number of nitrogens with one attached hydrogen (secondary N) is 1. The van der Waals surface area contributed by atoms with E-state index in [1.165, 1.54) is 51.3 Å². The maximum Gasteiger partial charge on any atom is 0.339 e. The number of aromatic carboxylic acids is 1. The predicted molar refractivity (Wildman–Crippen MR) is 85.9 cm³/mol. The van der Waals surface area contributed by atoms with Crippen molar-refractivity contribution >= 4 is 17.9 Å². The van der Waals surface area contributed by atoms with Gasteiger partial charge in [-0.3, -0.25) is 0 Å². The molecule has 0 heterocycles. The molecule has 1 aliphatic rings. The fraction of sp³-hybridized carbons (Fsp3) is 0.500. The van der Waals surface area contributed by atoms with E-state index in [1.807, 2.05) is 0 Å². The monoisotopic (exact) mass is 308 g/mol. The average molecular weight is 308 g/mol. The van der Waals surface area contributed by atoms with Crippen molar-refractivity contribution in [3.8, 4) is 5.75 Å². The molecule has 0 atom stereocenters. The van der Waals surface area contributed by atoms with Crippen molar-refractivity contribution < 1.29 is 19.7 Å². The van der Waals surface area contributed by atoms with Gasteiger partial charge in [0.25, 0.3) is 0 Å². The third-order valence-corrected chi connectivity index (χ3v) is 3.77. The minimum atomic E-state index is -1.11. The van der Waals surface area contributed by atoms with E-state index in [4.69, 9.17) is 26.1 Å². The minimum Gasteiger partial charge on any atom is -0.496 e. The van der Waals surface area contributed by atoms with E-state index in [-0.39, 0.29) is 11.3 Å². The Kier molecular flexibility index (Phi) is 7.39. The molecule has 122 valence electrons. The molecule has 22 heavy (non-hydrogen) atoms. The molecule has 0 unspecified atom stereocenters. The van der Waals surface area contributed by atoms with Gasteiger partial charge < -0.3 is 26.1 Å². The van der Waals surface area contributed by atoms with Crippen LogP contribution in [0.3, 0.4) is 0 Å². The molecule has 1 saturated carbocycles. The van der Waals surface area contributed by atoms with Gasteiger partial charge in [0.2, 0.25) is 0 Å². The number of carbonyl (C=O) groups is 1. The van der Waals surface area contributed by atoms with E-state index in [9.17, 15) is 4.79 Å². The minimum absolute atomic E-state index is 0.000185. The van der Waals surface area contributed by atoms with Crippen molar-refractivity contribution in [1.82, 2.24) is 0 Å². The Bertz CT molecular complexity index is 511. The van der Waals surface area contributed by atoms with E-state index in [0.717, 1.165) is 6.21 Å². The molecule has 0 saturated heterocycles. The molecule has 6 heteroatoms. The van der Waals surface area contributed by atoms with Crippen molar-refractivity contribution in [3.63, 3.8) is 0 Å². The molecule has 1 aliphatic carbocycles. The lowest BCUT2D eigenvalue weighted by molar-refractivity contribution is 0.0693. The second kappa shape index (κ2) is 9.04. The summed E-state index contributed by atoms with van der Waals surface area (Å²) >= 11 is 0. The highest BCUT2D eigenvalue weighted by Crippen LogP contribution is 2.24. The van der Waals surface area contributed by atoms with Crippen LogP contribution in [0.4, 0.5) is 5.69 Å². The number of carboxylic acid groups (broad SMARTS) is 1. The number of ether oxygens (including phenoxy) is 1. The third kappa shape index (κ3) is 5.04. The smallest absolute Gasteiger partial charge is 0.339 e. The van der Waals surface area contributed by atoms with E-state index in [2.05, 4.69) is 0 Å². The summed E-state index contributed by atoms with van der Waals surface area (Å²) in [5.74, 6) is -0.269. The summed E-state index contributed by atoms with van der Waals surface area (Å²) < 4.78 is 4.85. The van der Waals surface area contributed by atoms with Crippen molar-refractivity contribution in [1.29, 1.82) is 5.41 Å². The third-order valence-electron chi connectivity index (χ3n) is 3.77. The number of nitrogens with two attached hydrogens (primary N) is 1. The van der Waals surface area contributed by atoms with Crippen LogP contribution < -0.4 is 10.5 Å². The number of benzene rings is 1. The Hall–Kier alpha value is -2.08. The Morgan fingerprint density at radius 3 is 2.45 bits per heavy atom. The summed E-state index contributed by atoms with van der Waals surface area (Å²) in [6, 6.07) is 2.70. The molecular formula is C16H24N2O4. The summed E-state index contributed by atoms with van der Waals surface area (Å²) in [5.41, 5.74) is 6.24. The maximum absolute atomic E-state index is 10.8. The van der Waals surface area contributed by atoms with Crippen LogP contribution in [0.1, 0.15) is 48.0 Å². The largest absolute Gasteiger partial charge is 0.496 e. The van der Waals surface area contributed by atoms with Crippen molar-refractivity contribution in [2.24, 2.45) is 5.92 Å².